The van der Waals surface area contributed by atoms with Crippen molar-refractivity contribution in [1.82, 2.24) is 5.32 Å². The summed E-state index contributed by atoms with van der Waals surface area (Å²) in [5, 5.41) is 2.73. The molecule has 1 N–H and O–H groups in total. The van der Waals surface area contributed by atoms with Crippen molar-refractivity contribution in [1.29, 1.82) is 0 Å². The standard InChI is InChI=1S/C15H12BrNO/c16-14-8-6-13(7-9-14)15(18)17-11-10-12-4-2-1-3-5-12/h1-11H,(H,17,18)/b11-10+. The Bertz CT molecular complexity index is 546. The summed E-state index contributed by atoms with van der Waals surface area (Å²) in [6.07, 6.45) is 3.51. The van der Waals surface area contributed by atoms with Crippen LogP contribution in [0.25, 0.3) is 6.08 Å². The molecular weight excluding hydrogens is 290 g/mol. The van der Waals surface area contributed by atoms with Crippen molar-refractivity contribution in [2.75, 3.05) is 0 Å². The monoisotopic (exact) mass is 301 g/mol. The molecule has 2 aromatic carbocycles. The highest BCUT2D eigenvalue weighted by Gasteiger charge is 2.01. The molecule has 0 radical (unpaired) electrons. The van der Waals surface area contributed by atoms with Crippen LogP contribution in [0.1, 0.15) is 15.9 Å². The third-order valence-corrected chi connectivity index (χ3v) is 2.92. The van der Waals surface area contributed by atoms with Crippen molar-refractivity contribution in [3.8, 4) is 0 Å². The van der Waals surface area contributed by atoms with Crippen LogP contribution in [0, 0.1) is 0 Å². The molecule has 0 fully saturated rings. The Morgan fingerprint density at radius 2 is 1.67 bits per heavy atom. The third-order valence-electron chi connectivity index (χ3n) is 2.40. The Kier molecular flexibility index (Phi) is 4.31. The lowest BCUT2D eigenvalue weighted by atomic mass is 10.2. The molecule has 0 heterocycles. The Hall–Kier alpha value is -1.87. The van der Waals surface area contributed by atoms with Crippen LogP contribution in [-0.2, 0) is 0 Å². The van der Waals surface area contributed by atoms with E-state index in [0.717, 1.165) is 10.0 Å². The fraction of sp³-hybridized carbons (Fsp3) is 0. The van der Waals surface area contributed by atoms with E-state index in [1.165, 1.54) is 0 Å². The molecule has 0 unspecified atom stereocenters. The zero-order valence-electron chi connectivity index (χ0n) is 9.64. The minimum atomic E-state index is -0.116. The van der Waals surface area contributed by atoms with Gasteiger partial charge in [0.25, 0.3) is 5.91 Å². The zero-order chi connectivity index (χ0) is 12.8. The van der Waals surface area contributed by atoms with Crippen molar-refractivity contribution < 1.29 is 4.79 Å². The van der Waals surface area contributed by atoms with Gasteiger partial charge >= 0.3 is 0 Å². The van der Waals surface area contributed by atoms with E-state index in [-0.39, 0.29) is 5.91 Å². The van der Waals surface area contributed by atoms with Crippen LogP contribution in [0.3, 0.4) is 0 Å². The van der Waals surface area contributed by atoms with E-state index in [4.69, 9.17) is 0 Å². The van der Waals surface area contributed by atoms with Crippen LogP contribution >= 0.6 is 15.9 Å². The van der Waals surface area contributed by atoms with Gasteiger partial charge in [0.05, 0.1) is 0 Å². The van der Waals surface area contributed by atoms with Gasteiger partial charge in [-0.2, -0.15) is 0 Å². The van der Waals surface area contributed by atoms with E-state index < -0.39 is 0 Å². The van der Waals surface area contributed by atoms with Gasteiger partial charge in [0.2, 0.25) is 0 Å². The normalized spacial score (nSPS) is 10.5. The van der Waals surface area contributed by atoms with Crippen LogP contribution in [0.2, 0.25) is 0 Å². The first-order valence-electron chi connectivity index (χ1n) is 5.54. The molecule has 18 heavy (non-hydrogen) atoms. The molecule has 0 saturated carbocycles. The minimum absolute atomic E-state index is 0.116. The molecule has 3 heteroatoms. The number of carbonyl (C=O) groups excluding carboxylic acids is 1. The molecule has 0 atom stereocenters. The maximum Gasteiger partial charge on any atom is 0.255 e. The first-order chi connectivity index (χ1) is 8.75. The summed E-state index contributed by atoms with van der Waals surface area (Å²) in [5.41, 5.74) is 1.68. The molecule has 0 spiro atoms. The lowest BCUT2D eigenvalue weighted by molar-refractivity contribution is 0.0970. The van der Waals surface area contributed by atoms with Crippen molar-refractivity contribution in [3.05, 3.63) is 76.4 Å². The highest BCUT2D eigenvalue weighted by molar-refractivity contribution is 9.10. The summed E-state index contributed by atoms with van der Waals surface area (Å²) in [5.74, 6) is -0.116. The average Bonchev–Trinajstić information content (AvgIpc) is 2.40. The molecule has 0 aliphatic rings. The third kappa shape index (κ3) is 3.57. The van der Waals surface area contributed by atoms with Crippen LogP contribution < -0.4 is 5.32 Å². The highest BCUT2D eigenvalue weighted by atomic mass is 79.9. The maximum absolute atomic E-state index is 11.8. The summed E-state index contributed by atoms with van der Waals surface area (Å²) < 4.78 is 0.957. The summed E-state index contributed by atoms with van der Waals surface area (Å²) in [6.45, 7) is 0. The van der Waals surface area contributed by atoms with Crippen LogP contribution in [0.5, 0.6) is 0 Å². The Balaban J connectivity index is 1.96. The number of rotatable bonds is 3. The van der Waals surface area contributed by atoms with Gasteiger partial charge in [0.1, 0.15) is 0 Å². The predicted molar refractivity (Wildman–Crippen MR) is 77.1 cm³/mol. The summed E-state index contributed by atoms with van der Waals surface area (Å²) in [7, 11) is 0. The van der Waals surface area contributed by atoms with Gasteiger partial charge in [-0.3, -0.25) is 4.79 Å². The smallest absolute Gasteiger partial charge is 0.255 e. The van der Waals surface area contributed by atoms with Crippen molar-refractivity contribution >= 4 is 27.9 Å². The van der Waals surface area contributed by atoms with Crippen LogP contribution in [0.15, 0.2) is 65.3 Å². The molecular formula is C15H12BrNO. The molecule has 2 nitrogen and oxygen atoms in total. The topological polar surface area (TPSA) is 29.1 Å². The first kappa shape index (κ1) is 12.6. The number of benzene rings is 2. The molecule has 0 aliphatic heterocycles. The van der Waals surface area contributed by atoms with Gasteiger partial charge in [0.15, 0.2) is 0 Å². The summed E-state index contributed by atoms with van der Waals surface area (Å²) >= 11 is 3.33. The lowest BCUT2D eigenvalue weighted by Gasteiger charge is -2.00. The number of carbonyl (C=O) groups is 1. The molecule has 1 amide bonds. The van der Waals surface area contributed by atoms with E-state index in [1.807, 2.05) is 48.5 Å². The highest BCUT2D eigenvalue weighted by Crippen LogP contribution is 2.10. The Morgan fingerprint density at radius 1 is 1.00 bits per heavy atom. The van der Waals surface area contributed by atoms with E-state index in [1.54, 1.807) is 18.3 Å². The van der Waals surface area contributed by atoms with Gasteiger partial charge in [-0.05, 0) is 35.9 Å². The number of hydrogen-bond donors (Lipinski definition) is 1. The maximum atomic E-state index is 11.8. The van der Waals surface area contributed by atoms with E-state index in [0.29, 0.717) is 5.56 Å². The molecule has 90 valence electrons. The van der Waals surface area contributed by atoms with Gasteiger partial charge in [-0.15, -0.1) is 0 Å². The van der Waals surface area contributed by atoms with Crippen LogP contribution in [0.4, 0.5) is 0 Å². The van der Waals surface area contributed by atoms with E-state index in [2.05, 4.69) is 21.2 Å². The average molecular weight is 302 g/mol. The molecule has 2 aromatic rings. The van der Waals surface area contributed by atoms with Crippen molar-refractivity contribution in [2.24, 2.45) is 0 Å². The molecule has 0 bridgehead atoms. The quantitative estimate of drug-likeness (QED) is 0.916. The largest absolute Gasteiger partial charge is 0.329 e. The second-order valence-electron chi connectivity index (χ2n) is 3.72. The number of nitrogens with one attached hydrogen (secondary N) is 1. The van der Waals surface area contributed by atoms with E-state index >= 15 is 0 Å². The predicted octanol–water partition coefficient (Wildman–Crippen LogP) is 3.85. The fourth-order valence-corrected chi connectivity index (χ4v) is 1.73. The number of amides is 1. The Morgan fingerprint density at radius 3 is 2.33 bits per heavy atom. The molecule has 0 saturated heterocycles. The van der Waals surface area contributed by atoms with E-state index in [9.17, 15) is 4.79 Å². The number of hydrogen-bond acceptors (Lipinski definition) is 1. The lowest BCUT2D eigenvalue weighted by Crippen LogP contribution is -2.16. The van der Waals surface area contributed by atoms with Crippen molar-refractivity contribution in [2.45, 2.75) is 0 Å². The van der Waals surface area contributed by atoms with Gasteiger partial charge in [-0.1, -0.05) is 46.3 Å². The Labute approximate surface area is 114 Å². The molecule has 0 aromatic heterocycles. The van der Waals surface area contributed by atoms with Gasteiger partial charge in [0, 0.05) is 16.2 Å². The van der Waals surface area contributed by atoms with Gasteiger partial charge in [-0.25, -0.2) is 0 Å². The number of halogens is 1. The van der Waals surface area contributed by atoms with Crippen LogP contribution in [-0.4, -0.2) is 5.91 Å². The molecule has 2 rings (SSSR count). The van der Waals surface area contributed by atoms with Crippen molar-refractivity contribution in [3.63, 3.8) is 0 Å². The summed E-state index contributed by atoms with van der Waals surface area (Å²) in [6, 6.07) is 17.0. The van der Waals surface area contributed by atoms with Gasteiger partial charge < -0.3 is 5.32 Å². The minimum Gasteiger partial charge on any atom is -0.329 e. The molecule has 0 aliphatic carbocycles. The zero-order valence-corrected chi connectivity index (χ0v) is 11.2. The SMILES string of the molecule is O=C(N/C=C/c1ccccc1)c1ccc(Br)cc1. The fourth-order valence-electron chi connectivity index (χ4n) is 1.46. The first-order valence-corrected chi connectivity index (χ1v) is 6.33. The summed E-state index contributed by atoms with van der Waals surface area (Å²) in [4.78, 5) is 11.8. The second-order valence-corrected chi connectivity index (χ2v) is 4.64. The second kappa shape index (κ2) is 6.17.